The van der Waals surface area contributed by atoms with Gasteiger partial charge in [0.2, 0.25) is 0 Å². The molecule has 3 rings (SSSR count). The zero-order chi connectivity index (χ0) is 18.0. The van der Waals surface area contributed by atoms with Crippen LogP contribution in [0.1, 0.15) is 69.5 Å². The fourth-order valence-corrected chi connectivity index (χ4v) is 4.73. The number of rotatable bonds is 6. The van der Waals surface area contributed by atoms with Crippen LogP contribution in [0.4, 0.5) is 0 Å². The normalized spacial score (nSPS) is 17.7. The molecule has 2 heterocycles. The summed E-state index contributed by atoms with van der Waals surface area (Å²) in [6.45, 7) is 7.30. The van der Waals surface area contributed by atoms with Gasteiger partial charge < -0.3 is 10.1 Å². The van der Waals surface area contributed by atoms with Crippen molar-refractivity contribution in [3.8, 4) is 0 Å². The van der Waals surface area contributed by atoms with E-state index in [1.54, 1.807) is 11.3 Å². The summed E-state index contributed by atoms with van der Waals surface area (Å²) in [5, 5.41) is 10.6. The Kier molecular flexibility index (Phi) is 5.92. The van der Waals surface area contributed by atoms with Crippen molar-refractivity contribution in [1.82, 2.24) is 14.9 Å². The number of aromatic amines is 1. The predicted molar refractivity (Wildman–Crippen MR) is 103 cm³/mol. The molecule has 1 aliphatic carbocycles. The van der Waals surface area contributed by atoms with Crippen LogP contribution in [-0.4, -0.2) is 38.7 Å². The molecule has 1 aliphatic rings. The van der Waals surface area contributed by atoms with Gasteiger partial charge in [0.25, 0.3) is 5.56 Å². The Hall–Kier alpha value is -1.24. The molecule has 5 nitrogen and oxygen atoms in total. The zero-order valence-electron chi connectivity index (χ0n) is 15.4. The molecule has 25 heavy (non-hydrogen) atoms. The van der Waals surface area contributed by atoms with Crippen molar-refractivity contribution in [3.05, 3.63) is 27.1 Å². The lowest BCUT2D eigenvalue weighted by Crippen LogP contribution is -2.41. The van der Waals surface area contributed by atoms with Crippen LogP contribution in [0.5, 0.6) is 0 Å². The zero-order valence-corrected chi connectivity index (χ0v) is 16.2. The molecule has 0 saturated heterocycles. The highest BCUT2D eigenvalue weighted by Gasteiger charge is 2.23. The monoisotopic (exact) mass is 363 g/mol. The molecule has 2 N–H and O–H groups in total. The first-order valence-corrected chi connectivity index (χ1v) is 10.2. The third-order valence-electron chi connectivity index (χ3n) is 4.98. The highest BCUT2D eigenvalue weighted by Crippen LogP contribution is 2.28. The van der Waals surface area contributed by atoms with Crippen LogP contribution in [0.3, 0.4) is 0 Å². The Morgan fingerprint density at radius 1 is 1.32 bits per heavy atom. The van der Waals surface area contributed by atoms with Gasteiger partial charge in [0, 0.05) is 17.5 Å². The fourth-order valence-electron chi connectivity index (χ4n) is 3.67. The summed E-state index contributed by atoms with van der Waals surface area (Å²) < 4.78 is 0. The first-order valence-electron chi connectivity index (χ1n) is 9.38. The molecule has 138 valence electrons. The molecule has 0 aromatic carbocycles. The number of aliphatic hydroxyl groups excluding tert-OH is 1. The van der Waals surface area contributed by atoms with Crippen molar-refractivity contribution in [1.29, 1.82) is 0 Å². The number of H-pyrrole nitrogens is 1. The minimum atomic E-state index is -0.383. The Bertz CT molecular complexity index is 760. The molecule has 2 aromatic heterocycles. The number of nitrogens with one attached hydrogen (secondary N) is 1. The summed E-state index contributed by atoms with van der Waals surface area (Å²) in [4.78, 5) is 24.5. The van der Waals surface area contributed by atoms with Crippen LogP contribution >= 0.6 is 11.3 Å². The molecule has 1 saturated carbocycles. The van der Waals surface area contributed by atoms with Gasteiger partial charge in [0.1, 0.15) is 10.7 Å². The van der Waals surface area contributed by atoms with Gasteiger partial charge in [0.15, 0.2) is 0 Å². The summed E-state index contributed by atoms with van der Waals surface area (Å²) in [7, 11) is 0. The Labute approximate surface area is 153 Å². The molecule has 0 aliphatic heterocycles. The molecule has 1 unspecified atom stereocenters. The van der Waals surface area contributed by atoms with Crippen molar-refractivity contribution in [2.45, 2.75) is 77.5 Å². The predicted octanol–water partition coefficient (Wildman–Crippen LogP) is 3.62. The van der Waals surface area contributed by atoms with E-state index in [1.165, 1.54) is 24.1 Å². The van der Waals surface area contributed by atoms with Gasteiger partial charge in [-0.3, -0.25) is 9.69 Å². The fraction of sp³-hybridized carbons (Fsp3) is 0.684. The van der Waals surface area contributed by atoms with E-state index in [0.717, 1.165) is 17.7 Å². The van der Waals surface area contributed by atoms with Crippen LogP contribution in [-0.2, 0) is 6.54 Å². The Morgan fingerprint density at radius 2 is 2.04 bits per heavy atom. The summed E-state index contributed by atoms with van der Waals surface area (Å²) in [6, 6.07) is 2.44. The number of thiophene rings is 1. The van der Waals surface area contributed by atoms with E-state index < -0.39 is 0 Å². The van der Waals surface area contributed by atoms with Crippen molar-refractivity contribution in [3.63, 3.8) is 0 Å². The number of fused-ring (bicyclic) bond motifs is 1. The van der Waals surface area contributed by atoms with E-state index >= 15 is 0 Å². The third-order valence-corrected chi connectivity index (χ3v) is 6.31. The van der Waals surface area contributed by atoms with E-state index in [1.807, 2.05) is 13.0 Å². The van der Waals surface area contributed by atoms with Crippen LogP contribution in [0.2, 0.25) is 0 Å². The van der Waals surface area contributed by atoms with Crippen molar-refractivity contribution in [2.75, 3.05) is 6.54 Å². The summed E-state index contributed by atoms with van der Waals surface area (Å²) in [5.41, 5.74) is -0.0520. The van der Waals surface area contributed by atoms with Gasteiger partial charge in [0.05, 0.1) is 18.0 Å². The standard InChI is InChI=1S/C19H29N3O2S/c1-12(2)16-9-15-18(24)20-17(21-19(15)25-16)11-22(10-13(3)23)14-7-5-4-6-8-14/h9,12-14,23H,4-8,10-11H2,1-3H3,(H,20,21,24). The number of aliphatic hydroxyl groups is 1. The number of nitrogens with zero attached hydrogens (tertiary/aromatic N) is 2. The molecule has 6 heteroatoms. The van der Waals surface area contributed by atoms with Crippen LogP contribution in [0, 0.1) is 0 Å². The smallest absolute Gasteiger partial charge is 0.259 e. The second kappa shape index (κ2) is 7.98. The number of hydrogen-bond acceptors (Lipinski definition) is 5. The molecule has 0 radical (unpaired) electrons. The molecule has 0 spiro atoms. The van der Waals surface area contributed by atoms with Crippen molar-refractivity contribution >= 4 is 21.6 Å². The lowest BCUT2D eigenvalue weighted by atomic mass is 9.94. The second-order valence-corrected chi connectivity index (χ2v) is 8.67. The van der Waals surface area contributed by atoms with Crippen LogP contribution in [0.25, 0.3) is 10.2 Å². The molecular weight excluding hydrogens is 334 g/mol. The molecule has 0 amide bonds. The molecule has 1 atom stereocenters. The second-order valence-electron chi connectivity index (χ2n) is 7.61. The minimum absolute atomic E-state index is 0.0520. The largest absolute Gasteiger partial charge is 0.392 e. The first kappa shape index (κ1) is 18.5. The summed E-state index contributed by atoms with van der Waals surface area (Å²) >= 11 is 1.61. The Balaban J connectivity index is 1.86. The van der Waals surface area contributed by atoms with Gasteiger partial charge in [-0.1, -0.05) is 33.1 Å². The number of aromatic nitrogens is 2. The lowest BCUT2D eigenvalue weighted by molar-refractivity contribution is 0.0750. The average Bonchev–Trinajstić information content (AvgIpc) is 3.00. The van der Waals surface area contributed by atoms with E-state index in [4.69, 9.17) is 4.98 Å². The van der Waals surface area contributed by atoms with E-state index in [2.05, 4.69) is 23.7 Å². The van der Waals surface area contributed by atoms with Crippen LogP contribution < -0.4 is 5.56 Å². The van der Waals surface area contributed by atoms with Crippen molar-refractivity contribution < 1.29 is 5.11 Å². The van der Waals surface area contributed by atoms with Gasteiger partial charge in [-0.15, -0.1) is 11.3 Å². The van der Waals surface area contributed by atoms with E-state index in [0.29, 0.717) is 36.3 Å². The average molecular weight is 364 g/mol. The molecular formula is C19H29N3O2S. The quantitative estimate of drug-likeness (QED) is 0.822. The SMILES string of the molecule is CC(O)CN(Cc1nc2sc(C(C)C)cc2c(=O)[nH]1)C1CCCCC1. The first-order chi connectivity index (χ1) is 11.9. The van der Waals surface area contributed by atoms with Gasteiger partial charge in [-0.05, 0) is 31.7 Å². The van der Waals surface area contributed by atoms with E-state index in [-0.39, 0.29) is 11.7 Å². The highest BCUT2D eigenvalue weighted by atomic mass is 32.1. The minimum Gasteiger partial charge on any atom is -0.392 e. The van der Waals surface area contributed by atoms with Gasteiger partial charge in [-0.2, -0.15) is 0 Å². The molecule has 2 aromatic rings. The van der Waals surface area contributed by atoms with Gasteiger partial charge in [-0.25, -0.2) is 4.98 Å². The maximum atomic E-state index is 12.5. The maximum Gasteiger partial charge on any atom is 0.259 e. The lowest BCUT2D eigenvalue weighted by Gasteiger charge is -2.34. The van der Waals surface area contributed by atoms with Gasteiger partial charge >= 0.3 is 0 Å². The molecule has 0 bridgehead atoms. The maximum absolute atomic E-state index is 12.5. The summed E-state index contributed by atoms with van der Waals surface area (Å²) in [6.07, 6.45) is 5.73. The molecule has 1 fully saturated rings. The Morgan fingerprint density at radius 3 is 2.68 bits per heavy atom. The third kappa shape index (κ3) is 4.49. The number of hydrogen-bond donors (Lipinski definition) is 2. The van der Waals surface area contributed by atoms with Crippen LogP contribution in [0.15, 0.2) is 10.9 Å². The summed E-state index contributed by atoms with van der Waals surface area (Å²) in [5.74, 6) is 1.11. The van der Waals surface area contributed by atoms with Crippen molar-refractivity contribution in [2.24, 2.45) is 0 Å². The highest BCUT2D eigenvalue weighted by molar-refractivity contribution is 7.18. The topological polar surface area (TPSA) is 69.2 Å². The van der Waals surface area contributed by atoms with E-state index in [9.17, 15) is 9.90 Å².